The molecule has 1 N–H and O–H groups in total. The highest BCUT2D eigenvalue weighted by molar-refractivity contribution is 5.95. The minimum Gasteiger partial charge on any atom is -0.490 e. The van der Waals surface area contributed by atoms with E-state index in [2.05, 4.69) is 10.5 Å². The number of amides is 2. The van der Waals surface area contributed by atoms with E-state index in [4.69, 9.17) is 9.47 Å². The van der Waals surface area contributed by atoms with Crippen LogP contribution in [0.2, 0.25) is 0 Å². The van der Waals surface area contributed by atoms with E-state index in [1.807, 2.05) is 26.0 Å². The Morgan fingerprint density at radius 2 is 1.79 bits per heavy atom. The third kappa shape index (κ3) is 6.12. The molecule has 0 heterocycles. The van der Waals surface area contributed by atoms with Gasteiger partial charge in [0.05, 0.1) is 12.8 Å². The Morgan fingerprint density at radius 3 is 2.43 bits per heavy atom. The van der Waals surface area contributed by atoms with Gasteiger partial charge in [0.1, 0.15) is 0 Å². The van der Waals surface area contributed by atoms with E-state index in [0.29, 0.717) is 23.7 Å². The average molecular weight is 383 g/mol. The standard InChI is InChI=1S/C21H25N3O4/c1-5-27-19-12-16(8-11-18(19)28-14-20(25)24(3)4)13-22-23-21(26)17-9-6-15(2)7-10-17/h6-13H,5,14H2,1-4H3,(H,23,26)/b22-13-. The van der Waals surface area contributed by atoms with Crippen molar-refractivity contribution in [3.8, 4) is 11.5 Å². The minimum atomic E-state index is -0.288. The Labute approximate surface area is 164 Å². The van der Waals surface area contributed by atoms with Crippen molar-refractivity contribution in [1.29, 1.82) is 0 Å². The lowest BCUT2D eigenvalue weighted by Crippen LogP contribution is -2.27. The van der Waals surface area contributed by atoms with Gasteiger partial charge in [0.2, 0.25) is 0 Å². The lowest BCUT2D eigenvalue weighted by molar-refractivity contribution is -0.130. The van der Waals surface area contributed by atoms with Gasteiger partial charge in [-0.2, -0.15) is 5.10 Å². The first-order valence-corrected chi connectivity index (χ1v) is 8.90. The van der Waals surface area contributed by atoms with E-state index in [1.54, 1.807) is 44.4 Å². The number of benzene rings is 2. The highest BCUT2D eigenvalue weighted by Gasteiger charge is 2.10. The molecular weight excluding hydrogens is 358 g/mol. The monoisotopic (exact) mass is 383 g/mol. The summed E-state index contributed by atoms with van der Waals surface area (Å²) < 4.78 is 11.1. The number of ether oxygens (including phenoxy) is 2. The summed E-state index contributed by atoms with van der Waals surface area (Å²) in [4.78, 5) is 25.2. The zero-order valence-electron chi connectivity index (χ0n) is 16.6. The topological polar surface area (TPSA) is 80.2 Å². The molecule has 0 radical (unpaired) electrons. The lowest BCUT2D eigenvalue weighted by Gasteiger charge is -2.14. The van der Waals surface area contributed by atoms with Crippen LogP contribution in [-0.4, -0.2) is 50.2 Å². The molecule has 28 heavy (non-hydrogen) atoms. The highest BCUT2D eigenvalue weighted by atomic mass is 16.5. The van der Waals surface area contributed by atoms with Crippen molar-refractivity contribution in [1.82, 2.24) is 10.3 Å². The van der Waals surface area contributed by atoms with Crippen LogP contribution in [0.25, 0.3) is 0 Å². The summed E-state index contributed by atoms with van der Waals surface area (Å²) in [5, 5.41) is 3.99. The SMILES string of the molecule is CCOc1cc(/C=N\NC(=O)c2ccc(C)cc2)ccc1OCC(=O)N(C)C. The molecule has 0 unspecified atom stereocenters. The molecule has 0 aliphatic carbocycles. The fraction of sp³-hybridized carbons (Fsp3) is 0.286. The van der Waals surface area contributed by atoms with Crippen LogP contribution in [0.15, 0.2) is 47.6 Å². The Bertz CT molecular complexity index is 845. The van der Waals surface area contributed by atoms with E-state index in [9.17, 15) is 9.59 Å². The van der Waals surface area contributed by atoms with Gasteiger partial charge < -0.3 is 14.4 Å². The number of aryl methyl sites for hydroxylation is 1. The number of rotatable bonds is 8. The van der Waals surface area contributed by atoms with Gasteiger partial charge in [0, 0.05) is 19.7 Å². The predicted molar refractivity (Wildman–Crippen MR) is 108 cm³/mol. The third-order valence-electron chi connectivity index (χ3n) is 3.81. The summed E-state index contributed by atoms with van der Waals surface area (Å²) in [7, 11) is 3.33. The van der Waals surface area contributed by atoms with Crippen molar-refractivity contribution in [3.05, 3.63) is 59.2 Å². The summed E-state index contributed by atoms with van der Waals surface area (Å²) in [5.41, 5.74) is 4.83. The average Bonchev–Trinajstić information content (AvgIpc) is 2.67. The van der Waals surface area contributed by atoms with Crippen LogP contribution in [0.1, 0.15) is 28.4 Å². The molecule has 2 aromatic rings. The Kier molecular flexibility index (Phi) is 7.56. The molecule has 2 amide bonds. The Balaban J connectivity index is 2.03. The van der Waals surface area contributed by atoms with Gasteiger partial charge in [-0.1, -0.05) is 17.7 Å². The number of nitrogens with zero attached hydrogens (tertiary/aromatic N) is 2. The van der Waals surface area contributed by atoms with Gasteiger partial charge in [-0.25, -0.2) is 5.43 Å². The quantitative estimate of drug-likeness (QED) is 0.561. The number of likely N-dealkylation sites (N-methyl/N-ethyl adjacent to an activating group) is 1. The second-order valence-electron chi connectivity index (χ2n) is 6.28. The van der Waals surface area contributed by atoms with Crippen molar-refractivity contribution in [2.24, 2.45) is 5.10 Å². The van der Waals surface area contributed by atoms with E-state index in [1.165, 1.54) is 11.1 Å². The van der Waals surface area contributed by atoms with Crippen molar-refractivity contribution >= 4 is 18.0 Å². The molecule has 0 fully saturated rings. The normalized spacial score (nSPS) is 10.6. The molecule has 0 aliphatic heterocycles. The van der Waals surface area contributed by atoms with Gasteiger partial charge in [-0.3, -0.25) is 9.59 Å². The van der Waals surface area contributed by atoms with Gasteiger partial charge in [0.25, 0.3) is 11.8 Å². The van der Waals surface area contributed by atoms with Crippen molar-refractivity contribution < 1.29 is 19.1 Å². The van der Waals surface area contributed by atoms with E-state index in [0.717, 1.165) is 11.1 Å². The number of hydrogen-bond donors (Lipinski definition) is 1. The van der Waals surface area contributed by atoms with Crippen LogP contribution in [-0.2, 0) is 4.79 Å². The molecule has 0 aliphatic rings. The second-order valence-corrected chi connectivity index (χ2v) is 6.28. The molecular formula is C21H25N3O4. The van der Waals surface area contributed by atoms with Crippen LogP contribution < -0.4 is 14.9 Å². The van der Waals surface area contributed by atoms with Crippen LogP contribution in [0.5, 0.6) is 11.5 Å². The van der Waals surface area contributed by atoms with E-state index in [-0.39, 0.29) is 18.4 Å². The highest BCUT2D eigenvalue weighted by Crippen LogP contribution is 2.28. The number of nitrogens with one attached hydrogen (secondary N) is 1. The maximum absolute atomic E-state index is 12.1. The third-order valence-corrected chi connectivity index (χ3v) is 3.81. The van der Waals surface area contributed by atoms with Gasteiger partial charge in [0.15, 0.2) is 18.1 Å². The second kappa shape index (κ2) is 10.1. The first kappa shape index (κ1) is 21.0. The molecule has 2 rings (SSSR count). The van der Waals surface area contributed by atoms with Crippen LogP contribution in [0.3, 0.4) is 0 Å². The maximum Gasteiger partial charge on any atom is 0.271 e. The van der Waals surface area contributed by atoms with Gasteiger partial charge in [-0.05, 0) is 49.7 Å². The van der Waals surface area contributed by atoms with Gasteiger partial charge >= 0.3 is 0 Å². The van der Waals surface area contributed by atoms with Gasteiger partial charge in [-0.15, -0.1) is 0 Å². The molecule has 0 aromatic heterocycles. The fourth-order valence-electron chi connectivity index (χ4n) is 2.20. The smallest absolute Gasteiger partial charge is 0.271 e. The number of hydrazone groups is 1. The van der Waals surface area contributed by atoms with Crippen LogP contribution in [0.4, 0.5) is 0 Å². The maximum atomic E-state index is 12.1. The molecule has 0 bridgehead atoms. The first-order valence-electron chi connectivity index (χ1n) is 8.90. The zero-order chi connectivity index (χ0) is 20.5. The lowest BCUT2D eigenvalue weighted by atomic mass is 10.1. The van der Waals surface area contributed by atoms with E-state index >= 15 is 0 Å². The molecule has 0 saturated carbocycles. The largest absolute Gasteiger partial charge is 0.490 e. The van der Waals surface area contributed by atoms with Crippen molar-refractivity contribution in [2.45, 2.75) is 13.8 Å². The summed E-state index contributed by atoms with van der Waals surface area (Å²) in [6.07, 6.45) is 1.52. The first-order chi connectivity index (χ1) is 13.4. The molecule has 2 aromatic carbocycles. The predicted octanol–water partition coefficient (Wildman–Crippen LogP) is 2.62. The number of carbonyl (C=O) groups excluding carboxylic acids is 2. The Hall–Kier alpha value is -3.35. The molecule has 148 valence electrons. The molecule has 0 saturated heterocycles. The summed E-state index contributed by atoms with van der Waals surface area (Å²) in [5.74, 6) is 0.538. The molecule has 7 nitrogen and oxygen atoms in total. The van der Waals surface area contributed by atoms with E-state index < -0.39 is 0 Å². The van der Waals surface area contributed by atoms with Crippen LogP contribution >= 0.6 is 0 Å². The molecule has 0 spiro atoms. The molecule has 0 atom stereocenters. The zero-order valence-corrected chi connectivity index (χ0v) is 16.6. The number of hydrogen-bond acceptors (Lipinski definition) is 5. The Morgan fingerprint density at radius 1 is 1.07 bits per heavy atom. The summed E-state index contributed by atoms with van der Waals surface area (Å²) in [6.45, 7) is 4.19. The summed E-state index contributed by atoms with van der Waals surface area (Å²) in [6, 6.07) is 12.4. The van der Waals surface area contributed by atoms with Crippen molar-refractivity contribution in [2.75, 3.05) is 27.3 Å². The molecule has 7 heteroatoms. The summed E-state index contributed by atoms with van der Waals surface area (Å²) >= 11 is 0. The van der Waals surface area contributed by atoms with Crippen LogP contribution in [0, 0.1) is 6.92 Å². The van der Waals surface area contributed by atoms with Crippen molar-refractivity contribution in [3.63, 3.8) is 0 Å². The fourth-order valence-corrected chi connectivity index (χ4v) is 2.20. The minimum absolute atomic E-state index is 0.0763. The number of carbonyl (C=O) groups is 2.